The molecule has 0 aliphatic rings. The Morgan fingerprint density at radius 2 is 1.75 bits per heavy atom. The van der Waals surface area contributed by atoms with Crippen LogP contribution in [0.4, 0.5) is 0 Å². The second kappa shape index (κ2) is 6.78. The Kier molecular flexibility index (Phi) is 4.54. The van der Waals surface area contributed by atoms with E-state index in [1.807, 2.05) is 60.7 Å². The molecule has 0 saturated carbocycles. The van der Waals surface area contributed by atoms with Crippen LogP contribution in [0, 0.1) is 22.7 Å². The molecular formula is C17H12N2O. The molecule has 2 aromatic carbocycles. The lowest BCUT2D eigenvalue weighted by atomic mass is 10.1. The van der Waals surface area contributed by atoms with Crippen LogP contribution in [0.25, 0.3) is 6.08 Å². The lowest BCUT2D eigenvalue weighted by molar-refractivity contribution is 0.306. The van der Waals surface area contributed by atoms with Crippen LogP contribution in [-0.2, 0) is 6.61 Å². The minimum Gasteiger partial charge on any atom is -0.489 e. The van der Waals surface area contributed by atoms with Gasteiger partial charge < -0.3 is 4.74 Å². The second-order valence-corrected chi connectivity index (χ2v) is 4.13. The molecule has 0 amide bonds. The van der Waals surface area contributed by atoms with E-state index in [2.05, 4.69) is 0 Å². The summed E-state index contributed by atoms with van der Waals surface area (Å²) < 4.78 is 5.69. The van der Waals surface area contributed by atoms with Crippen molar-refractivity contribution in [1.82, 2.24) is 0 Å². The molecular weight excluding hydrogens is 248 g/mol. The highest BCUT2D eigenvalue weighted by Gasteiger charge is 1.98. The van der Waals surface area contributed by atoms with E-state index in [1.54, 1.807) is 6.07 Å². The first-order valence-electron chi connectivity index (χ1n) is 6.10. The molecule has 0 aromatic heterocycles. The van der Waals surface area contributed by atoms with Crippen LogP contribution in [0.5, 0.6) is 5.75 Å². The summed E-state index contributed by atoms with van der Waals surface area (Å²) in [6.07, 6.45) is 1.54. The summed E-state index contributed by atoms with van der Waals surface area (Å²) in [4.78, 5) is 0. The molecule has 0 N–H and O–H groups in total. The fourth-order valence-corrected chi connectivity index (χ4v) is 1.69. The Bertz CT molecular complexity index is 675. The van der Waals surface area contributed by atoms with Gasteiger partial charge in [0, 0.05) is 0 Å². The van der Waals surface area contributed by atoms with Gasteiger partial charge in [0.05, 0.1) is 0 Å². The highest BCUT2D eigenvalue weighted by molar-refractivity contribution is 5.62. The third kappa shape index (κ3) is 3.73. The van der Waals surface area contributed by atoms with Crippen molar-refractivity contribution in [2.45, 2.75) is 6.61 Å². The molecule has 0 radical (unpaired) electrons. The number of hydrogen-bond acceptors (Lipinski definition) is 3. The third-order valence-corrected chi connectivity index (χ3v) is 2.66. The van der Waals surface area contributed by atoms with Crippen molar-refractivity contribution in [3.63, 3.8) is 0 Å². The maximum atomic E-state index is 8.74. The molecule has 0 fully saturated rings. The molecule has 20 heavy (non-hydrogen) atoms. The summed E-state index contributed by atoms with van der Waals surface area (Å²) in [6, 6.07) is 20.8. The lowest BCUT2D eigenvalue weighted by Crippen LogP contribution is -1.94. The maximum absolute atomic E-state index is 8.74. The van der Waals surface area contributed by atoms with E-state index in [1.165, 1.54) is 6.08 Å². The molecule has 0 saturated heterocycles. The number of hydrogen-bond donors (Lipinski definition) is 0. The minimum atomic E-state index is 0.0743. The van der Waals surface area contributed by atoms with E-state index in [0.29, 0.717) is 12.4 Å². The number of nitrogens with zero attached hydrogens (tertiary/aromatic N) is 2. The number of nitriles is 2. The summed E-state index contributed by atoms with van der Waals surface area (Å²) in [7, 11) is 0. The predicted molar refractivity (Wildman–Crippen MR) is 76.4 cm³/mol. The summed E-state index contributed by atoms with van der Waals surface area (Å²) in [5.74, 6) is 0.706. The largest absolute Gasteiger partial charge is 0.489 e. The van der Waals surface area contributed by atoms with Crippen LogP contribution < -0.4 is 4.74 Å². The van der Waals surface area contributed by atoms with Gasteiger partial charge in [0.1, 0.15) is 30.1 Å². The Balaban J connectivity index is 2.09. The molecule has 2 rings (SSSR count). The van der Waals surface area contributed by atoms with E-state index in [-0.39, 0.29) is 5.57 Å². The van der Waals surface area contributed by atoms with E-state index in [4.69, 9.17) is 15.3 Å². The maximum Gasteiger partial charge on any atom is 0.130 e. The van der Waals surface area contributed by atoms with E-state index in [9.17, 15) is 0 Å². The Hall–Kier alpha value is -3.04. The van der Waals surface area contributed by atoms with Crippen molar-refractivity contribution >= 4 is 6.08 Å². The Labute approximate surface area is 118 Å². The zero-order valence-electron chi connectivity index (χ0n) is 10.8. The predicted octanol–water partition coefficient (Wildman–Crippen LogP) is 3.70. The van der Waals surface area contributed by atoms with Crippen LogP contribution in [0.2, 0.25) is 0 Å². The molecule has 0 aliphatic heterocycles. The zero-order chi connectivity index (χ0) is 14.2. The molecule has 0 spiro atoms. The first-order valence-corrected chi connectivity index (χ1v) is 6.10. The molecule has 2 aromatic rings. The highest BCUT2D eigenvalue weighted by Crippen LogP contribution is 2.17. The average molecular weight is 260 g/mol. The van der Waals surface area contributed by atoms with Gasteiger partial charge in [-0.1, -0.05) is 42.5 Å². The first kappa shape index (κ1) is 13.4. The SMILES string of the molecule is N#CC(C#N)=Cc1cccc(OCc2ccccc2)c1. The normalized spacial score (nSPS) is 9.10. The first-order chi connectivity index (χ1) is 9.81. The number of benzene rings is 2. The van der Waals surface area contributed by atoms with Gasteiger partial charge in [-0.25, -0.2) is 0 Å². The van der Waals surface area contributed by atoms with E-state index in [0.717, 1.165) is 11.1 Å². The van der Waals surface area contributed by atoms with Gasteiger partial charge in [-0.2, -0.15) is 10.5 Å². The standard InChI is InChI=1S/C17H12N2O/c18-11-16(12-19)9-15-7-4-8-17(10-15)20-13-14-5-2-1-3-6-14/h1-10H,13H2. The number of allylic oxidation sites excluding steroid dienone is 1. The molecule has 0 heterocycles. The summed E-state index contributed by atoms with van der Waals surface area (Å²) in [5.41, 5.74) is 1.93. The van der Waals surface area contributed by atoms with Gasteiger partial charge >= 0.3 is 0 Å². The van der Waals surface area contributed by atoms with E-state index < -0.39 is 0 Å². The topological polar surface area (TPSA) is 56.8 Å². The third-order valence-electron chi connectivity index (χ3n) is 2.66. The van der Waals surface area contributed by atoms with Crippen molar-refractivity contribution < 1.29 is 4.74 Å². The molecule has 0 aliphatic carbocycles. The fraction of sp³-hybridized carbons (Fsp3) is 0.0588. The summed E-state index contributed by atoms with van der Waals surface area (Å²) in [6.45, 7) is 0.483. The summed E-state index contributed by atoms with van der Waals surface area (Å²) in [5, 5.41) is 17.5. The molecule has 3 nitrogen and oxygen atoms in total. The van der Waals surface area contributed by atoms with Crippen molar-refractivity contribution in [1.29, 1.82) is 10.5 Å². The molecule has 96 valence electrons. The van der Waals surface area contributed by atoms with Crippen molar-refractivity contribution in [2.24, 2.45) is 0 Å². The van der Waals surface area contributed by atoms with Crippen LogP contribution in [0.15, 0.2) is 60.2 Å². The van der Waals surface area contributed by atoms with Crippen molar-refractivity contribution in [3.05, 3.63) is 71.3 Å². The van der Waals surface area contributed by atoms with Gasteiger partial charge in [0.15, 0.2) is 0 Å². The van der Waals surface area contributed by atoms with E-state index >= 15 is 0 Å². The van der Waals surface area contributed by atoms with Gasteiger partial charge in [-0.3, -0.25) is 0 Å². The minimum absolute atomic E-state index is 0.0743. The number of rotatable bonds is 4. The van der Waals surface area contributed by atoms with Crippen LogP contribution in [0.3, 0.4) is 0 Å². The Morgan fingerprint density at radius 1 is 1.00 bits per heavy atom. The fourth-order valence-electron chi connectivity index (χ4n) is 1.69. The van der Waals surface area contributed by atoms with Crippen LogP contribution >= 0.6 is 0 Å². The Morgan fingerprint density at radius 3 is 2.45 bits per heavy atom. The molecule has 0 atom stereocenters. The molecule has 3 heteroatoms. The molecule has 0 bridgehead atoms. The quantitative estimate of drug-likeness (QED) is 0.787. The highest BCUT2D eigenvalue weighted by atomic mass is 16.5. The molecule has 0 unspecified atom stereocenters. The zero-order valence-corrected chi connectivity index (χ0v) is 10.8. The van der Waals surface area contributed by atoms with Crippen molar-refractivity contribution in [2.75, 3.05) is 0 Å². The smallest absolute Gasteiger partial charge is 0.130 e. The van der Waals surface area contributed by atoms with Crippen molar-refractivity contribution in [3.8, 4) is 17.9 Å². The average Bonchev–Trinajstić information content (AvgIpc) is 2.52. The monoisotopic (exact) mass is 260 g/mol. The van der Waals surface area contributed by atoms with Gasteiger partial charge in [-0.15, -0.1) is 0 Å². The summed E-state index contributed by atoms with van der Waals surface area (Å²) >= 11 is 0. The van der Waals surface area contributed by atoms with Gasteiger partial charge in [0.2, 0.25) is 0 Å². The van der Waals surface area contributed by atoms with Gasteiger partial charge in [0.25, 0.3) is 0 Å². The van der Waals surface area contributed by atoms with Gasteiger partial charge in [-0.05, 0) is 29.3 Å². The lowest BCUT2D eigenvalue weighted by Gasteiger charge is -2.06. The second-order valence-electron chi connectivity index (χ2n) is 4.13. The van der Waals surface area contributed by atoms with Crippen LogP contribution in [-0.4, -0.2) is 0 Å². The van der Waals surface area contributed by atoms with Crippen LogP contribution in [0.1, 0.15) is 11.1 Å². The number of ether oxygens (including phenoxy) is 1.